The highest BCUT2D eigenvalue weighted by atomic mass is 32.1. The average Bonchev–Trinajstić information content (AvgIpc) is 3.59. The number of nitrogens with one attached hydrogen (secondary N) is 1. The number of carbonyl (C=O) groups is 1. The molecule has 5 rings (SSSR count). The zero-order valence-electron chi connectivity index (χ0n) is 19.9. The first-order chi connectivity index (χ1) is 17.2. The van der Waals surface area contributed by atoms with Gasteiger partial charge in [-0.2, -0.15) is 5.10 Å². The van der Waals surface area contributed by atoms with Crippen LogP contribution in [0.5, 0.6) is 5.75 Å². The highest BCUT2D eigenvalue weighted by molar-refractivity contribution is 7.13. The first-order valence-electron chi connectivity index (χ1n) is 11.8. The Balaban J connectivity index is 1.44. The lowest BCUT2D eigenvalue weighted by molar-refractivity contribution is 0.0162. The molecule has 1 N–H and O–H groups in total. The second kappa shape index (κ2) is 10.6. The van der Waals surface area contributed by atoms with Gasteiger partial charge in [0.1, 0.15) is 5.75 Å². The molecule has 1 aromatic carbocycles. The van der Waals surface area contributed by atoms with E-state index in [1.165, 1.54) is 0 Å². The topological polar surface area (TPSA) is 81.5 Å². The number of ether oxygens (including phenoxy) is 2. The Kier molecular flexibility index (Phi) is 7.08. The number of methoxy groups -OCH3 is 1. The molecule has 1 atom stereocenters. The van der Waals surface area contributed by atoms with Gasteiger partial charge in [0.25, 0.3) is 5.91 Å². The molecule has 1 aliphatic rings. The van der Waals surface area contributed by atoms with Gasteiger partial charge in [0.05, 0.1) is 54.1 Å². The standard InChI is InChI=1S/C26H29N5O3S/c1-3-31-25-21(16-28-31)20(15-22(29-25)24-5-4-14-35-24)26(32)27-17-23(30-10-12-34-13-11-30)18-6-8-19(33-2)9-7-18/h4-9,14-16,23H,3,10-13,17H2,1-2H3,(H,27,32). The van der Waals surface area contributed by atoms with Gasteiger partial charge in [-0.15, -0.1) is 11.3 Å². The van der Waals surface area contributed by atoms with E-state index in [4.69, 9.17) is 14.5 Å². The molecule has 182 valence electrons. The zero-order valence-corrected chi connectivity index (χ0v) is 20.8. The molecule has 0 saturated carbocycles. The molecule has 8 nitrogen and oxygen atoms in total. The van der Waals surface area contributed by atoms with E-state index in [1.54, 1.807) is 24.6 Å². The fraction of sp³-hybridized carbons (Fsp3) is 0.346. The maximum atomic E-state index is 13.6. The van der Waals surface area contributed by atoms with Crippen molar-refractivity contribution in [3.63, 3.8) is 0 Å². The molecule has 0 spiro atoms. The largest absolute Gasteiger partial charge is 0.497 e. The molecule has 0 bridgehead atoms. The van der Waals surface area contributed by atoms with Crippen molar-refractivity contribution in [3.8, 4) is 16.3 Å². The molecule has 4 aromatic rings. The lowest BCUT2D eigenvalue weighted by Gasteiger charge is -2.35. The van der Waals surface area contributed by atoms with E-state index in [0.29, 0.717) is 31.9 Å². The number of carbonyl (C=O) groups excluding carboxylic acids is 1. The molecule has 0 aliphatic carbocycles. The van der Waals surface area contributed by atoms with E-state index >= 15 is 0 Å². The number of benzene rings is 1. The number of aryl methyl sites for hydroxylation is 1. The van der Waals surface area contributed by atoms with E-state index in [-0.39, 0.29) is 11.9 Å². The minimum atomic E-state index is -0.127. The number of pyridine rings is 1. The first-order valence-corrected chi connectivity index (χ1v) is 12.7. The minimum Gasteiger partial charge on any atom is -0.497 e. The maximum Gasteiger partial charge on any atom is 0.252 e. The van der Waals surface area contributed by atoms with Gasteiger partial charge >= 0.3 is 0 Å². The number of aromatic nitrogens is 3. The van der Waals surface area contributed by atoms with E-state index < -0.39 is 0 Å². The summed E-state index contributed by atoms with van der Waals surface area (Å²) in [5, 5.41) is 10.4. The van der Waals surface area contributed by atoms with Crippen LogP contribution in [-0.4, -0.2) is 65.5 Å². The first kappa shape index (κ1) is 23.5. The van der Waals surface area contributed by atoms with Crippen LogP contribution in [-0.2, 0) is 11.3 Å². The molecule has 1 saturated heterocycles. The third-order valence-electron chi connectivity index (χ3n) is 6.37. The van der Waals surface area contributed by atoms with Crippen LogP contribution in [0.3, 0.4) is 0 Å². The minimum absolute atomic E-state index is 0.0289. The quantitative estimate of drug-likeness (QED) is 0.401. The van der Waals surface area contributed by atoms with Gasteiger partial charge in [-0.25, -0.2) is 9.67 Å². The number of fused-ring (bicyclic) bond motifs is 1. The predicted molar refractivity (Wildman–Crippen MR) is 137 cm³/mol. The van der Waals surface area contributed by atoms with Gasteiger partial charge in [-0.05, 0) is 42.1 Å². The number of nitrogens with zero attached hydrogens (tertiary/aromatic N) is 4. The summed E-state index contributed by atoms with van der Waals surface area (Å²) in [5.41, 5.74) is 3.23. The van der Waals surface area contributed by atoms with Gasteiger partial charge < -0.3 is 14.8 Å². The second-order valence-electron chi connectivity index (χ2n) is 8.38. The molecule has 35 heavy (non-hydrogen) atoms. The Morgan fingerprint density at radius 1 is 1.23 bits per heavy atom. The van der Waals surface area contributed by atoms with Crippen LogP contribution in [0.15, 0.2) is 54.0 Å². The van der Waals surface area contributed by atoms with Gasteiger partial charge in [0.15, 0.2) is 5.65 Å². The molecule has 1 amide bonds. The maximum absolute atomic E-state index is 13.6. The van der Waals surface area contributed by atoms with Gasteiger partial charge in [0, 0.05) is 26.2 Å². The number of hydrogen-bond donors (Lipinski definition) is 1. The highest BCUT2D eigenvalue weighted by Gasteiger charge is 2.25. The molecular weight excluding hydrogens is 462 g/mol. The van der Waals surface area contributed by atoms with Crippen molar-refractivity contribution < 1.29 is 14.3 Å². The third kappa shape index (κ3) is 4.93. The van der Waals surface area contributed by atoms with Crippen molar-refractivity contribution in [2.24, 2.45) is 0 Å². The molecule has 1 fully saturated rings. The monoisotopic (exact) mass is 491 g/mol. The summed E-state index contributed by atoms with van der Waals surface area (Å²) < 4.78 is 12.7. The number of hydrogen-bond acceptors (Lipinski definition) is 7. The lowest BCUT2D eigenvalue weighted by atomic mass is 10.0. The van der Waals surface area contributed by atoms with Crippen molar-refractivity contribution in [1.29, 1.82) is 0 Å². The Morgan fingerprint density at radius 3 is 2.71 bits per heavy atom. The van der Waals surface area contributed by atoms with Crippen LogP contribution in [0.25, 0.3) is 21.6 Å². The van der Waals surface area contributed by atoms with Crippen LogP contribution in [0.4, 0.5) is 0 Å². The lowest BCUT2D eigenvalue weighted by Crippen LogP contribution is -2.43. The van der Waals surface area contributed by atoms with Crippen molar-refractivity contribution >= 4 is 28.3 Å². The number of rotatable bonds is 8. The molecule has 0 radical (unpaired) electrons. The van der Waals surface area contributed by atoms with Crippen molar-refractivity contribution in [2.75, 3.05) is 40.0 Å². The SMILES string of the molecule is CCn1ncc2c(C(=O)NCC(c3ccc(OC)cc3)N3CCOCC3)cc(-c3cccs3)nc21. The van der Waals surface area contributed by atoms with Crippen LogP contribution in [0.2, 0.25) is 0 Å². The normalized spacial score (nSPS) is 15.3. The van der Waals surface area contributed by atoms with Crippen molar-refractivity contribution in [3.05, 3.63) is 65.2 Å². The summed E-state index contributed by atoms with van der Waals surface area (Å²) >= 11 is 1.61. The summed E-state index contributed by atoms with van der Waals surface area (Å²) in [4.78, 5) is 21.8. The summed E-state index contributed by atoms with van der Waals surface area (Å²) in [5.74, 6) is 0.685. The van der Waals surface area contributed by atoms with Crippen LogP contribution < -0.4 is 10.1 Å². The van der Waals surface area contributed by atoms with E-state index in [2.05, 4.69) is 27.4 Å². The van der Waals surface area contributed by atoms with Gasteiger partial charge in [0.2, 0.25) is 0 Å². The number of morpholine rings is 1. The summed E-state index contributed by atoms with van der Waals surface area (Å²) in [6.45, 7) is 6.19. The fourth-order valence-electron chi connectivity index (χ4n) is 4.48. The molecule has 1 unspecified atom stereocenters. The molecule has 3 aromatic heterocycles. The summed E-state index contributed by atoms with van der Waals surface area (Å²) in [7, 11) is 1.66. The zero-order chi connectivity index (χ0) is 24.2. The van der Waals surface area contributed by atoms with Crippen LogP contribution in [0, 0.1) is 0 Å². The summed E-state index contributed by atoms with van der Waals surface area (Å²) in [6, 6.07) is 14.0. The predicted octanol–water partition coefficient (Wildman–Crippen LogP) is 3.99. The van der Waals surface area contributed by atoms with E-state index in [1.807, 2.05) is 47.3 Å². The Morgan fingerprint density at radius 2 is 2.03 bits per heavy atom. The van der Waals surface area contributed by atoms with Crippen molar-refractivity contribution in [2.45, 2.75) is 19.5 Å². The average molecular weight is 492 g/mol. The van der Waals surface area contributed by atoms with E-state index in [0.717, 1.165) is 46.0 Å². The molecular formula is C26H29N5O3S. The highest BCUT2D eigenvalue weighted by Crippen LogP contribution is 2.29. The Labute approximate surface area is 208 Å². The molecule has 4 heterocycles. The van der Waals surface area contributed by atoms with Crippen molar-refractivity contribution in [1.82, 2.24) is 25.0 Å². The fourth-order valence-corrected chi connectivity index (χ4v) is 5.16. The Hall–Kier alpha value is -3.27. The summed E-state index contributed by atoms with van der Waals surface area (Å²) in [6.07, 6.45) is 1.74. The Bertz CT molecular complexity index is 1280. The van der Waals surface area contributed by atoms with Gasteiger partial charge in [-0.3, -0.25) is 9.69 Å². The molecule has 1 aliphatic heterocycles. The second-order valence-corrected chi connectivity index (χ2v) is 9.32. The smallest absolute Gasteiger partial charge is 0.252 e. The third-order valence-corrected chi connectivity index (χ3v) is 7.26. The van der Waals surface area contributed by atoms with E-state index in [9.17, 15) is 4.79 Å². The van der Waals surface area contributed by atoms with Crippen LogP contribution in [0.1, 0.15) is 28.9 Å². The number of amides is 1. The van der Waals surface area contributed by atoms with Crippen LogP contribution >= 0.6 is 11.3 Å². The molecule has 9 heteroatoms. The van der Waals surface area contributed by atoms with Gasteiger partial charge in [-0.1, -0.05) is 18.2 Å². The number of thiophene rings is 1.